The van der Waals surface area contributed by atoms with E-state index in [1.54, 1.807) is 7.11 Å². The summed E-state index contributed by atoms with van der Waals surface area (Å²) in [6, 6.07) is 0. The molecular weight excluding hydrogens is 530 g/mol. The number of hydrogen-bond acceptors (Lipinski definition) is 12. The zero-order valence-corrected chi connectivity index (χ0v) is 24.3. The van der Waals surface area contributed by atoms with Gasteiger partial charge in [0.15, 0.2) is 0 Å². The molecule has 0 saturated carbocycles. The van der Waals surface area contributed by atoms with E-state index in [1.807, 2.05) is 6.92 Å². The Bertz CT molecular complexity index is 639. The van der Waals surface area contributed by atoms with Crippen LogP contribution in [0.1, 0.15) is 45.4 Å². The number of nitrogens with zero attached hydrogens (tertiary/aromatic N) is 1. The van der Waals surface area contributed by atoms with E-state index in [-0.39, 0.29) is 25.2 Å². The summed E-state index contributed by atoms with van der Waals surface area (Å²) in [5.41, 5.74) is 0. The maximum absolute atomic E-state index is 11.4. The van der Waals surface area contributed by atoms with Crippen LogP contribution in [0.25, 0.3) is 0 Å². The summed E-state index contributed by atoms with van der Waals surface area (Å²) in [4.78, 5) is 59.0. The molecule has 0 heterocycles. The Balaban J connectivity index is 0. The van der Waals surface area contributed by atoms with Gasteiger partial charge >= 0.3 is 5.97 Å². The highest BCUT2D eigenvalue weighted by Gasteiger charge is 2.13. The average molecular weight is 580 g/mol. The molecule has 0 atom stereocenters. The van der Waals surface area contributed by atoms with Crippen LogP contribution >= 0.6 is 0 Å². The van der Waals surface area contributed by atoms with E-state index in [0.29, 0.717) is 105 Å². The highest BCUT2D eigenvalue weighted by Crippen LogP contribution is 1.97. The smallest absolute Gasteiger partial charge is 0.333 e. The van der Waals surface area contributed by atoms with Crippen molar-refractivity contribution in [2.75, 3.05) is 93.3 Å². The molecule has 2 N–H and O–H groups in total. The Hall–Kier alpha value is -2.49. The summed E-state index contributed by atoms with van der Waals surface area (Å²) >= 11 is 0. The lowest BCUT2D eigenvalue weighted by atomic mass is 10.2. The fourth-order valence-corrected chi connectivity index (χ4v) is 2.57. The Morgan fingerprint density at radius 3 is 1.93 bits per heavy atom. The van der Waals surface area contributed by atoms with Crippen molar-refractivity contribution in [2.24, 2.45) is 0 Å². The summed E-state index contributed by atoms with van der Waals surface area (Å²) in [6.45, 7) is 8.43. The van der Waals surface area contributed by atoms with Gasteiger partial charge in [-0.3, -0.25) is 9.59 Å². The minimum absolute atomic E-state index is 0.0416. The van der Waals surface area contributed by atoms with Gasteiger partial charge in [-0.2, -0.15) is 5.06 Å². The van der Waals surface area contributed by atoms with Gasteiger partial charge in [0.05, 0.1) is 59.3 Å². The van der Waals surface area contributed by atoms with Gasteiger partial charge in [-0.05, 0) is 13.3 Å². The van der Waals surface area contributed by atoms with E-state index in [0.717, 1.165) is 11.3 Å². The number of nitrogens with one attached hydrogen (secondary N) is 2. The lowest BCUT2D eigenvalue weighted by molar-refractivity contribution is -0.192. The lowest BCUT2D eigenvalue weighted by Gasteiger charge is -2.15. The Labute approximate surface area is 237 Å². The summed E-state index contributed by atoms with van der Waals surface area (Å²) < 4.78 is 25.8. The van der Waals surface area contributed by atoms with Crippen LogP contribution in [0.5, 0.6) is 0 Å². The average Bonchev–Trinajstić information content (AvgIpc) is 2.94. The van der Waals surface area contributed by atoms with Crippen LogP contribution in [0.2, 0.25) is 0 Å². The number of unbranched alkanes of at least 4 members (excludes halogenated alkanes) is 1. The predicted octanol–water partition coefficient (Wildman–Crippen LogP) is 0.0663. The van der Waals surface area contributed by atoms with Crippen LogP contribution in [-0.4, -0.2) is 129 Å². The first-order valence-corrected chi connectivity index (χ1v) is 13.5. The highest BCUT2D eigenvalue weighted by molar-refractivity contribution is 5.79. The second-order valence-electron chi connectivity index (χ2n) is 8.00. The fraction of sp³-hybridized carbons (Fsp3) is 0.808. The van der Waals surface area contributed by atoms with Crippen LogP contribution < -0.4 is 10.6 Å². The first-order valence-electron chi connectivity index (χ1n) is 13.5. The van der Waals surface area contributed by atoms with Gasteiger partial charge in [0.1, 0.15) is 12.6 Å². The Morgan fingerprint density at radius 2 is 1.32 bits per heavy atom. The number of hydroxylamine groups is 2. The molecule has 14 heteroatoms. The van der Waals surface area contributed by atoms with Gasteiger partial charge in [0, 0.05) is 66.1 Å². The normalized spacial score (nSPS) is 10.3. The molecule has 40 heavy (non-hydrogen) atoms. The molecule has 234 valence electrons. The van der Waals surface area contributed by atoms with Crippen molar-refractivity contribution in [3.63, 3.8) is 0 Å². The van der Waals surface area contributed by atoms with E-state index < -0.39 is 11.9 Å². The second-order valence-corrected chi connectivity index (χ2v) is 8.00. The van der Waals surface area contributed by atoms with E-state index in [4.69, 9.17) is 28.5 Å². The number of carbonyl (C=O) groups excluding carboxylic acids is 5. The number of rotatable bonds is 26. The zero-order chi connectivity index (χ0) is 30.1. The highest BCUT2D eigenvalue weighted by atomic mass is 16.7. The predicted molar refractivity (Wildman–Crippen MR) is 145 cm³/mol. The second kappa shape index (κ2) is 32.7. The van der Waals surface area contributed by atoms with Crippen molar-refractivity contribution in [3.05, 3.63) is 0 Å². The molecule has 0 aliphatic carbocycles. The van der Waals surface area contributed by atoms with Crippen molar-refractivity contribution in [1.29, 1.82) is 0 Å². The molecule has 0 saturated heterocycles. The Morgan fingerprint density at radius 1 is 0.725 bits per heavy atom. The van der Waals surface area contributed by atoms with E-state index in [9.17, 15) is 24.0 Å². The lowest BCUT2D eigenvalue weighted by Crippen LogP contribution is -2.31. The molecule has 2 amide bonds. The van der Waals surface area contributed by atoms with Gasteiger partial charge in [-0.15, -0.1) is 0 Å². The third-order valence-corrected chi connectivity index (χ3v) is 4.67. The number of methoxy groups -OCH3 is 1. The van der Waals surface area contributed by atoms with Gasteiger partial charge in [0.2, 0.25) is 5.91 Å². The molecule has 0 aromatic carbocycles. The summed E-state index contributed by atoms with van der Waals surface area (Å²) in [7, 11) is 2.98. The van der Waals surface area contributed by atoms with Gasteiger partial charge < -0.3 is 48.7 Å². The minimum atomic E-state index is -0.495. The zero-order valence-electron chi connectivity index (χ0n) is 24.3. The van der Waals surface area contributed by atoms with Crippen LogP contribution in [0.3, 0.4) is 0 Å². The largest absolute Gasteiger partial charge is 0.382 e. The molecule has 14 nitrogen and oxygen atoms in total. The monoisotopic (exact) mass is 579 g/mol. The maximum Gasteiger partial charge on any atom is 0.333 e. The van der Waals surface area contributed by atoms with Crippen molar-refractivity contribution in [1.82, 2.24) is 15.7 Å². The Kier molecular flexibility index (Phi) is 32.4. The van der Waals surface area contributed by atoms with Crippen molar-refractivity contribution < 1.29 is 52.5 Å². The van der Waals surface area contributed by atoms with Gasteiger partial charge in [-0.25, -0.2) is 4.79 Å². The van der Waals surface area contributed by atoms with E-state index in [1.165, 1.54) is 7.05 Å². The molecule has 0 bridgehead atoms. The van der Waals surface area contributed by atoms with Crippen LogP contribution in [0, 0.1) is 0 Å². The van der Waals surface area contributed by atoms with Crippen molar-refractivity contribution >= 4 is 30.4 Å². The topological polar surface area (TPSA) is 168 Å². The third kappa shape index (κ3) is 31.7. The molecular formula is C26H49N3O11. The van der Waals surface area contributed by atoms with Gasteiger partial charge in [0.25, 0.3) is 5.91 Å². The van der Waals surface area contributed by atoms with Crippen molar-refractivity contribution in [2.45, 2.75) is 45.4 Å². The van der Waals surface area contributed by atoms with Crippen molar-refractivity contribution in [3.8, 4) is 0 Å². The number of aldehydes is 2. The molecule has 0 aromatic heterocycles. The molecule has 0 aliphatic rings. The van der Waals surface area contributed by atoms with Crippen LogP contribution in [-0.2, 0) is 52.5 Å². The standard InChI is InChI=1S/C14H27NO6.C12H22N2O5/c1-18-8-9-20-12-13-21-11-10-19-7-5-15-14(17)4-2-3-6-16;1-3-18-10-8-13-7-6-12(17)19-14(2)11(16)5-4-9-15/h6H,2-5,7-13H2,1H3,(H,15,17);9,13H,3-8,10H2,1-2H3. The van der Waals surface area contributed by atoms with E-state index in [2.05, 4.69) is 10.6 Å². The first-order chi connectivity index (χ1) is 19.4. The molecule has 0 spiro atoms. The van der Waals surface area contributed by atoms with Gasteiger partial charge in [-0.1, -0.05) is 0 Å². The number of hydrogen-bond donors (Lipinski definition) is 2. The molecule has 0 rings (SSSR count). The van der Waals surface area contributed by atoms with E-state index >= 15 is 0 Å². The molecule has 0 aromatic rings. The molecule has 0 radical (unpaired) electrons. The SMILES string of the molecule is CCOCCNCCC(=O)ON(C)C(=O)CCC=O.COCCOCCOCCOCCNC(=O)CCCC=O. The fourth-order valence-electron chi connectivity index (χ4n) is 2.57. The maximum atomic E-state index is 11.4. The third-order valence-electron chi connectivity index (χ3n) is 4.67. The summed E-state index contributed by atoms with van der Waals surface area (Å²) in [5.74, 6) is -0.944. The molecule has 0 fully saturated rings. The molecule has 0 aliphatic heterocycles. The minimum Gasteiger partial charge on any atom is -0.382 e. The van der Waals surface area contributed by atoms with Crippen LogP contribution in [0.4, 0.5) is 0 Å². The summed E-state index contributed by atoms with van der Waals surface area (Å²) in [6.07, 6.45) is 3.20. The number of ether oxygens (including phenoxy) is 5. The first kappa shape index (κ1) is 39.7. The molecule has 0 unspecified atom stereocenters. The van der Waals surface area contributed by atoms with Crippen LogP contribution in [0.15, 0.2) is 0 Å². The number of carbonyl (C=O) groups is 5. The quantitative estimate of drug-likeness (QED) is 0.0805. The number of amides is 2. The summed E-state index contributed by atoms with van der Waals surface area (Å²) in [5, 5.41) is 6.60.